The minimum atomic E-state index is 0.0286. The van der Waals surface area contributed by atoms with Crippen molar-refractivity contribution in [1.29, 1.82) is 0 Å². The summed E-state index contributed by atoms with van der Waals surface area (Å²) in [7, 11) is 1.65. The van der Waals surface area contributed by atoms with Crippen LogP contribution in [0.4, 0.5) is 0 Å². The second-order valence-electron chi connectivity index (χ2n) is 8.19. The summed E-state index contributed by atoms with van der Waals surface area (Å²) in [5.74, 6) is 2.56. The summed E-state index contributed by atoms with van der Waals surface area (Å²) < 4.78 is 16.8. The molecule has 0 bridgehead atoms. The van der Waals surface area contributed by atoms with Gasteiger partial charge in [-0.1, -0.05) is 23.8 Å². The third kappa shape index (κ3) is 6.26. The van der Waals surface area contributed by atoms with E-state index in [0.717, 1.165) is 48.0 Å². The third-order valence-corrected chi connectivity index (χ3v) is 5.78. The van der Waals surface area contributed by atoms with Gasteiger partial charge in [0.2, 0.25) is 5.91 Å². The van der Waals surface area contributed by atoms with E-state index in [-0.39, 0.29) is 5.91 Å². The van der Waals surface area contributed by atoms with Crippen molar-refractivity contribution in [3.8, 4) is 11.5 Å². The fourth-order valence-electron chi connectivity index (χ4n) is 3.83. The monoisotopic (exact) mass is 446 g/mol. The Morgan fingerprint density at radius 3 is 2.55 bits per heavy atom. The number of hydrogen-bond donors (Lipinski definition) is 0. The normalized spacial score (nSPS) is 14.5. The van der Waals surface area contributed by atoms with Crippen molar-refractivity contribution in [2.75, 3.05) is 33.3 Å². The maximum Gasteiger partial charge on any atom is 0.246 e. The summed E-state index contributed by atoms with van der Waals surface area (Å²) in [5, 5.41) is 0. The van der Waals surface area contributed by atoms with E-state index in [0.29, 0.717) is 19.7 Å². The van der Waals surface area contributed by atoms with Crippen LogP contribution in [0.5, 0.6) is 11.5 Å². The molecule has 1 aromatic heterocycles. The van der Waals surface area contributed by atoms with Crippen LogP contribution < -0.4 is 9.47 Å². The lowest BCUT2D eigenvalue weighted by Crippen LogP contribution is -2.47. The molecular formula is C27H30N2O4. The van der Waals surface area contributed by atoms with E-state index in [2.05, 4.69) is 4.90 Å². The topological polar surface area (TPSA) is 55.2 Å². The maximum atomic E-state index is 12.7. The van der Waals surface area contributed by atoms with Crippen molar-refractivity contribution in [1.82, 2.24) is 9.80 Å². The lowest BCUT2D eigenvalue weighted by Gasteiger charge is -2.33. The average molecular weight is 447 g/mol. The number of furan rings is 1. The molecule has 0 radical (unpaired) electrons. The zero-order valence-electron chi connectivity index (χ0n) is 19.2. The molecule has 6 heteroatoms. The van der Waals surface area contributed by atoms with Crippen LogP contribution in [0.3, 0.4) is 0 Å². The standard InChI is InChI=1S/C27H30N2O4/c1-21-5-9-24(10-6-21)33-20-23-18-22(7-11-26(23)31-2)8-12-27(30)29-15-13-28(14-16-29)19-25-4-3-17-32-25/h3-12,17-18H,13-16,19-20H2,1-2H3/b12-8+. The smallest absolute Gasteiger partial charge is 0.246 e. The van der Waals surface area contributed by atoms with Crippen LogP contribution >= 0.6 is 0 Å². The molecule has 2 heterocycles. The molecule has 1 saturated heterocycles. The Labute approximate surface area is 195 Å². The van der Waals surface area contributed by atoms with E-state index >= 15 is 0 Å². The summed E-state index contributed by atoms with van der Waals surface area (Å²) in [6.07, 6.45) is 5.19. The number of ether oxygens (including phenoxy) is 2. The van der Waals surface area contributed by atoms with Gasteiger partial charge in [0.25, 0.3) is 0 Å². The minimum Gasteiger partial charge on any atom is -0.496 e. The third-order valence-electron chi connectivity index (χ3n) is 5.78. The second-order valence-corrected chi connectivity index (χ2v) is 8.19. The molecule has 0 N–H and O–H groups in total. The number of methoxy groups -OCH3 is 1. The number of rotatable bonds is 8. The molecule has 0 aliphatic carbocycles. The van der Waals surface area contributed by atoms with Crippen LogP contribution in [-0.4, -0.2) is 49.0 Å². The number of benzene rings is 2. The fourth-order valence-corrected chi connectivity index (χ4v) is 3.83. The largest absolute Gasteiger partial charge is 0.496 e. The highest BCUT2D eigenvalue weighted by Crippen LogP contribution is 2.23. The van der Waals surface area contributed by atoms with Gasteiger partial charge in [-0.15, -0.1) is 0 Å². The number of aryl methyl sites for hydroxylation is 1. The quantitative estimate of drug-likeness (QED) is 0.476. The first kappa shape index (κ1) is 22.7. The number of nitrogens with zero attached hydrogens (tertiary/aromatic N) is 2. The van der Waals surface area contributed by atoms with E-state index in [4.69, 9.17) is 13.9 Å². The average Bonchev–Trinajstić information content (AvgIpc) is 3.36. The summed E-state index contributed by atoms with van der Waals surface area (Å²) in [6, 6.07) is 17.7. The van der Waals surface area contributed by atoms with Gasteiger partial charge in [-0.05, 0) is 55.0 Å². The van der Waals surface area contributed by atoms with Gasteiger partial charge in [-0.2, -0.15) is 0 Å². The molecular weight excluding hydrogens is 416 g/mol. The van der Waals surface area contributed by atoms with Crippen LogP contribution in [-0.2, 0) is 17.9 Å². The van der Waals surface area contributed by atoms with Crippen LogP contribution in [0.2, 0.25) is 0 Å². The Balaban J connectivity index is 1.33. The van der Waals surface area contributed by atoms with E-state index in [9.17, 15) is 4.79 Å². The zero-order valence-corrected chi connectivity index (χ0v) is 19.2. The number of carbonyl (C=O) groups excluding carboxylic acids is 1. The Kier molecular flexibility index (Phi) is 7.47. The maximum absolute atomic E-state index is 12.7. The molecule has 0 saturated carbocycles. The minimum absolute atomic E-state index is 0.0286. The van der Waals surface area contributed by atoms with Gasteiger partial charge in [0.05, 0.1) is 19.9 Å². The first-order chi connectivity index (χ1) is 16.1. The molecule has 1 fully saturated rings. The number of amides is 1. The highest BCUT2D eigenvalue weighted by Gasteiger charge is 2.20. The molecule has 1 aliphatic rings. The van der Waals surface area contributed by atoms with Gasteiger partial charge in [-0.25, -0.2) is 0 Å². The van der Waals surface area contributed by atoms with E-state index in [1.165, 1.54) is 5.56 Å². The zero-order chi connectivity index (χ0) is 23.0. The molecule has 4 rings (SSSR count). The summed E-state index contributed by atoms with van der Waals surface area (Å²) in [4.78, 5) is 16.9. The number of piperazine rings is 1. The molecule has 2 aromatic carbocycles. The van der Waals surface area contributed by atoms with Crippen LogP contribution in [0.25, 0.3) is 6.08 Å². The number of hydrogen-bond acceptors (Lipinski definition) is 5. The molecule has 0 unspecified atom stereocenters. The molecule has 6 nitrogen and oxygen atoms in total. The van der Waals surface area contributed by atoms with E-state index < -0.39 is 0 Å². The van der Waals surface area contributed by atoms with Crippen molar-refractivity contribution < 1.29 is 18.7 Å². The van der Waals surface area contributed by atoms with E-state index in [1.54, 1.807) is 19.4 Å². The molecule has 33 heavy (non-hydrogen) atoms. The van der Waals surface area contributed by atoms with Crippen molar-refractivity contribution in [2.45, 2.75) is 20.1 Å². The van der Waals surface area contributed by atoms with Crippen LogP contribution in [0.15, 0.2) is 71.4 Å². The Morgan fingerprint density at radius 2 is 1.85 bits per heavy atom. The predicted molar refractivity (Wildman–Crippen MR) is 128 cm³/mol. The lowest BCUT2D eigenvalue weighted by molar-refractivity contribution is -0.127. The fraction of sp³-hybridized carbons (Fsp3) is 0.296. The highest BCUT2D eigenvalue weighted by atomic mass is 16.5. The first-order valence-corrected chi connectivity index (χ1v) is 11.2. The highest BCUT2D eigenvalue weighted by molar-refractivity contribution is 5.91. The SMILES string of the molecule is COc1ccc(/C=C/C(=O)N2CCN(Cc3ccco3)CC2)cc1COc1ccc(C)cc1. The Hall–Kier alpha value is -3.51. The lowest BCUT2D eigenvalue weighted by atomic mass is 10.1. The summed E-state index contributed by atoms with van der Waals surface area (Å²) in [6.45, 7) is 6.31. The molecule has 1 amide bonds. The molecule has 0 atom stereocenters. The van der Waals surface area contributed by atoms with Gasteiger partial charge in [0.15, 0.2) is 0 Å². The Morgan fingerprint density at radius 1 is 1.06 bits per heavy atom. The second kappa shape index (κ2) is 10.9. The van der Waals surface area contributed by atoms with Crippen molar-refractivity contribution in [3.05, 3.63) is 89.4 Å². The molecule has 3 aromatic rings. The van der Waals surface area contributed by atoms with Gasteiger partial charge in [0.1, 0.15) is 23.9 Å². The van der Waals surface area contributed by atoms with Crippen LogP contribution in [0.1, 0.15) is 22.5 Å². The molecule has 1 aliphatic heterocycles. The van der Waals surface area contributed by atoms with Crippen molar-refractivity contribution in [3.63, 3.8) is 0 Å². The van der Waals surface area contributed by atoms with Crippen molar-refractivity contribution in [2.24, 2.45) is 0 Å². The molecule has 172 valence electrons. The van der Waals surface area contributed by atoms with Crippen LogP contribution in [0, 0.1) is 6.92 Å². The summed E-state index contributed by atoms with van der Waals surface area (Å²) >= 11 is 0. The predicted octanol–water partition coefficient (Wildman–Crippen LogP) is 4.53. The number of carbonyl (C=O) groups is 1. The van der Waals surface area contributed by atoms with Gasteiger partial charge in [-0.3, -0.25) is 9.69 Å². The summed E-state index contributed by atoms with van der Waals surface area (Å²) in [5.41, 5.74) is 3.05. The Bertz CT molecular complexity index is 1070. The van der Waals surface area contributed by atoms with Gasteiger partial charge < -0.3 is 18.8 Å². The van der Waals surface area contributed by atoms with Gasteiger partial charge in [0, 0.05) is 37.8 Å². The molecule has 0 spiro atoms. The van der Waals surface area contributed by atoms with Crippen molar-refractivity contribution >= 4 is 12.0 Å². The first-order valence-electron chi connectivity index (χ1n) is 11.2. The van der Waals surface area contributed by atoms with E-state index in [1.807, 2.05) is 72.5 Å². The van der Waals surface area contributed by atoms with Gasteiger partial charge >= 0.3 is 0 Å².